The van der Waals surface area contributed by atoms with Crippen molar-refractivity contribution < 1.29 is 17.8 Å². The number of hydrogen-bond acceptors (Lipinski definition) is 5. The molecule has 9 heteroatoms. The second-order valence-electron chi connectivity index (χ2n) is 7.74. The third-order valence-electron chi connectivity index (χ3n) is 5.70. The van der Waals surface area contributed by atoms with Crippen molar-refractivity contribution in [2.45, 2.75) is 32.6 Å². The number of carbonyl (C=O) groups is 1. The summed E-state index contributed by atoms with van der Waals surface area (Å²) in [5.74, 6) is -0.308. The number of aromatic amines is 1. The van der Waals surface area contributed by atoms with Gasteiger partial charge in [0.25, 0.3) is 16.0 Å². The molecular weight excluding hydrogens is 452 g/mol. The van der Waals surface area contributed by atoms with Crippen molar-refractivity contribution in [3.8, 4) is 0 Å². The van der Waals surface area contributed by atoms with E-state index in [2.05, 4.69) is 35.8 Å². The van der Waals surface area contributed by atoms with E-state index in [4.69, 9.17) is 4.55 Å². The summed E-state index contributed by atoms with van der Waals surface area (Å²) in [6, 6.07) is 13.1. The lowest BCUT2D eigenvalue weighted by molar-refractivity contribution is -0.114. The average molecular weight is 483 g/mol. The zero-order valence-electron chi connectivity index (χ0n) is 19.8. The predicted molar refractivity (Wildman–Crippen MR) is 137 cm³/mol. The van der Waals surface area contributed by atoms with E-state index >= 15 is 0 Å². The Hall–Kier alpha value is -3.27. The molecule has 1 aromatic heterocycles. The number of benzene rings is 2. The molecule has 1 aliphatic rings. The highest BCUT2D eigenvalue weighted by atomic mass is 32.2. The maximum atomic E-state index is 12.8. The summed E-state index contributed by atoms with van der Waals surface area (Å²) in [5, 5.41) is 6.50. The Bertz CT molecular complexity index is 1310. The first kappa shape index (κ1) is 25.4. The Morgan fingerprint density at radius 1 is 1.03 bits per heavy atom. The topological polar surface area (TPSA) is 106 Å². The van der Waals surface area contributed by atoms with Gasteiger partial charge < -0.3 is 9.88 Å². The van der Waals surface area contributed by atoms with Gasteiger partial charge in [-0.1, -0.05) is 39.0 Å². The highest BCUT2D eigenvalue weighted by molar-refractivity contribution is 7.85. The van der Waals surface area contributed by atoms with Crippen LogP contribution in [-0.4, -0.2) is 54.1 Å². The largest absolute Gasteiger partial charge is 0.361 e. The minimum atomic E-state index is -4.29. The fourth-order valence-corrected chi connectivity index (χ4v) is 4.14. The first-order valence-corrected chi connectivity index (χ1v) is 12.6. The lowest BCUT2D eigenvalue weighted by Gasteiger charge is -2.13. The third kappa shape index (κ3) is 5.61. The Morgan fingerprint density at radius 3 is 2.21 bits per heavy atom. The van der Waals surface area contributed by atoms with Gasteiger partial charge in [0.2, 0.25) is 0 Å². The molecular formula is C25H30N4O4S. The van der Waals surface area contributed by atoms with Crippen LogP contribution in [0.15, 0.2) is 70.3 Å². The zero-order valence-corrected chi connectivity index (χ0v) is 20.6. The highest BCUT2D eigenvalue weighted by Gasteiger charge is 2.29. The number of amides is 1. The molecule has 0 saturated heterocycles. The van der Waals surface area contributed by atoms with E-state index in [0.717, 1.165) is 16.5 Å². The molecule has 1 amide bonds. The van der Waals surface area contributed by atoms with Crippen molar-refractivity contribution >= 4 is 44.4 Å². The summed E-state index contributed by atoms with van der Waals surface area (Å²) < 4.78 is 31.4. The number of para-hydroxylation sites is 1. The molecule has 34 heavy (non-hydrogen) atoms. The van der Waals surface area contributed by atoms with Crippen molar-refractivity contribution in [2.24, 2.45) is 5.10 Å². The van der Waals surface area contributed by atoms with Crippen LogP contribution >= 0.6 is 0 Å². The monoisotopic (exact) mass is 482 g/mol. The molecule has 0 saturated carbocycles. The maximum Gasteiger partial charge on any atom is 0.294 e. The van der Waals surface area contributed by atoms with E-state index in [1.807, 2.05) is 30.5 Å². The van der Waals surface area contributed by atoms with Gasteiger partial charge in [-0.2, -0.15) is 18.5 Å². The van der Waals surface area contributed by atoms with Crippen molar-refractivity contribution in [1.82, 2.24) is 9.88 Å². The molecule has 8 nitrogen and oxygen atoms in total. The van der Waals surface area contributed by atoms with Gasteiger partial charge in [0.15, 0.2) is 0 Å². The highest BCUT2D eigenvalue weighted by Crippen LogP contribution is 2.28. The fourth-order valence-electron chi connectivity index (χ4n) is 3.66. The molecule has 2 aromatic carbocycles. The summed E-state index contributed by atoms with van der Waals surface area (Å²) in [4.78, 5) is 18.1. The Balaban J connectivity index is 0.000000406. The van der Waals surface area contributed by atoms with Gasteiger partial charge in [0.05, 0.1) is 21.9 Å². The molecule has 2 heterocycles. The van der Waals surface area contributed by atoms with Gasteiger partial charge in [0, 0.05) is 22.7 Å². The van der Waals surface area contributed by atoms with Gasteiger partial charge in [-0.15, -0.1) is 0 Å². The predicted octanol–water partition coefficient (Wildman–Crippen LogP) is 4.57. The maximum absolute atomic E-state index is 12.8. The number of nitrogens with zero attached hydrogens (tertiary/aromatic N) is 3. The number of H-pyrrole nitrogens is 1. The Morgan fingerprint density at radius 2 is 1.65 bits per heavy atom. The second-order valence-corrected chi connectivity index (χ2v) is 9.16. The standard InChI is InChI=1S/C19H15N3O4S.C6H15N/c1-12-17(10-13-11-20-18-5-3-2-4-16(13)18)19(23)22(21-12)14-6-8-15(9-7-14)27(24,25)26;1-4-7(5-2)6-3/h2-11,20H,1H3,(H,24,25,26);4-6H2,1-3H3/b17-10+;. The molecule has 0 fully saturated rings. The van der Waals surface area contributed by atoms with E-state index in [0.29, 0.717) is 17.0 Å². The zero-order chi connectivity index (χ0) is 24.9. The van der Waals surface area contributed by atoms with Gasteiger partial charge in [-0.3, -0.25) is 9.35 Å². The average Bonchev–Trinajstić information content (AvgIpc) is 3.36. The van der Waals surface area contributed by atoms with Crippen molar-refractivity contribution in [2.75, 3.05) is 24.6 Å². The minimum Gasteiger partial charge on any atom is -0.361 e. The number of fused-ring (bicyclic) bond motifs is 1. The summed E-state index contributed by atoms with van der Waals surface area (Å²) in [6.07, 6.45) is 3.62. The molecule has 4 rings (SSSR count). The van der Waals surface area contributed by atoms with Gasteiger partial charge in [-0.05, 0) is 63.0 Å². The molecule has 2 N–H and O–H groups in total. The van der Waals surface area contributed by atoms with Gasteiger partial charge >= 0.3 is 0 Å². The van der Waals surface area contributed by atoms with E-state index in [1.54, 1.807) is 13.0 Å². The fraction of sp³-hybridized carbons (Fsp3) is 0.280. The lowest BCUT2D eigenvalue weighted by Crippen LogP contribution is -2.21. The van der Waals surface area contributed by atoms with Crippen LogP contribution in [0.4, 0.5) is 5.69 Å². The van der Waals surface area contributed by atoms with Crippen molar-refractivity contribution in [3.63, 3.8) is 0 Å². The van der Waals surface area contributed by atoms with E-state index < -0.39 is 10.1 Å². The van der Waals surface area contributed by atoms with E-state index in [1.165, 1.54) is 48.9 Å². The minimum absolute atomic E-state index is 0.242. The molecule has 0 radical (unpaired) electrons. The smallest absolute Gasteiger partial charge is 0.294 e. The Kier molecular flexibility index (Phi) is 8.03. The van der Waals surface area contributed by atoms with Crippen LogP contribution in [0.5, 0.6) is 0 Å². The first-order chi connectivity index (χ1) is 16.2. The number of nitrogens with one attached hydrogen (secondary N) is 1. The number of hydrazone groups is 1. The molecule has 0 aliphatic carbocycles. The number of carbonyl (C=O) groups excluding carboxylic acids is 1. The van der Waals surface area contributed by atoms with Gasteiger partial charge in [0.1, 0.15) is 0 Å². The van der Waals surface area contributed by atoms with Crippen molar-refractivity contribution in [1.29, 1.82) is 0 Å². The summed E-state index contributed by atoms with van der Waals surface area (Å²) in [5.41, 5.74) is 3.28. The van der Waals surface area contributed by atoms with Crippen LogP contribution in [0.1, 0.15) is 33.3 Å². The lowest BCUT2D eigenvalue weighted by atomic mass is 10.1. The summed E-state index contributed by atoms with van der Waals surface area (Å²) in [7, 11) is -4.29. The molecule has 0 bridgehead atoms. The molecule has 1 aliphatic heterocycles. The van der Waals surface area contributed by atoms with Crippen molar-refractivity contribution in [3.05, 3.63) is 65.9 Å². The number of hydrogen-bond donors (Lipinski definition) is 2. The summed E-state index contributed by atoms with van der Waals surface area (Å²) in [6.45, 7) is 11.9. The van der Waals surface area contributed by atoms with Crippen LogP contribution in [0.25, 0.3) is 17.0 Å². The molecule has 0 atom stereocenters. The molecule has 3 aromatic rings. The number of aromatic nitrogens is 1. The number of rotatable bonds is 6. The number of anilines is 1. The Labute approximate surface area is 200 Å². The van der Waals surface area contributed by atoms with Gasteiger partial charge in [-0.25, -0.2) is 0 Å². The SMILES string of the molecule is CC1=NN(c2ccc(S(=O)(=O)O)cc2)C(=O)/C1=C/c1c[nH]c2ccccc12.CCN(CC)CC. The quantitative estimate of drug-likeness (QED) is 0.395. The van der Waals surface area contributed by atoms with E-state index in [-0.39, 0.29) is 10.8 Å². The second kappa shape index (κ2) is 10.8. The molecule has 0 spiro atoms. The first-order valence-electron chi connectivity index (χ1n) is 11.2. The van der Waals surface area contributed by atoms with Crippen LogP contribution in [0.3, 0.4) is 0 Å². The van der Waals surface area contributed by atoms with Crippen LogP contribution in [0, 0.1) is 0 Å². The summed E-state index contributed by atoms with van der Waals surface area (Å²) >= 11 is 0. The van der Waals surface area contributed by atoms with Crippen LogP contribution in [-0.2, 0) is 14.9 Å². The van der Waals surface area contributed by atoms with E-state index in [9.17, 15) is 13.2 Å². The third-order valence-corrected chi connectivity index (χ3v) is 6.57. The molecule has 0 unspecified atom stereocenters. The van der Waals surface area contributed by atoms with Crippen LogP contribution < -0.4 is 5.01 Å². The van der Waals surface area contributed by atoms with Crippen LogP contribution in [0.2, 0.25) is 0 Å². The molecule has 180 valence electrons. The normalized spacial score (nSPS) is 15.1.